The number of esters is 1. The highest BCUT2D eigenvalue weighted by atomic mass is 79.9. The summed E-state index contributed by atoms with van der Waals surface area (Å²) in [5.41, 5.74) is 1.36. The van der Waals surface area contributed by atoms with Gasteiger partial charge in [0.1, 0.15) is 5.75 Å². The Morgan fingerprint density at radius 2 is 1.68 bits per heavy atom. The molecule has 130 valence electrons. The minimum Gasteiger partial charge on any atom is -0.496 e. The van der Waals surface area contributed by atoms with Crippen molar-refractivity contribution in [3.05, 3.63) is 58.1 Å². The fraction of sp³-hybridized carbons (Fsp3) is 0.167. The fourth-order valence-electron chi connectivity index (χ4n) is 1.99. The summed E-state index contributed by atoms with van der Waals surface area (Å²) in [6.07, 6.45) is 0. The summed E-state index contributed by atoms with van der Waals surface area (Å²) in [7, 11) is 1.52. The number of nitrogens with one attached hydrogen (secondary N) is 1. The van der Waals surface area contributed by atoms with Gasteiger partial charge in [-0.3, -0.25) is 9.59 Å². The maximum Gasteiger partial charge on any atom is 0.338 e. The van der Waals surface area contributed by atoms with Crippen LogP contribution in [0.2, 0.25) is 0 Å². The van der Waals surface area contributed by atoms with E-state index < -0.39 is 18.5 Å². The number of rotatable bonds is 6. The zero-order chi connectivity index (χ0) is 18.4. The number of benzene rings is 2. The summed E-state index contributed by atoms with van der Waals surface area (Å²) in [4.78, 5) is 35.0. The van der Waals surface area contributed by atoms with Gasteiger partial charge >= 0.3 is 5.97 Å². The summed E-state index contributed by atoms with van der Waals surface area (Å²) in [5.74, 6) is -0.567. The Morgan fingerprint density at radius 3 is 2.24 bits per heavy atom. The van der Waals surface area contributed by atoms with Crippen LogP contribution in [-0.2, 0) is 9.53 Å². The minimum absolute atomic E-state index is 0.0579. The molecule has 1 amide bonds. The molecule has 0 aromatic heterocycles. The number of amides is 1. The van der Waals surface area contributed by atoms with Crippen LogP contribution >= 0.6 is 15.9 Å². The number of Topliss-reactive ketones (excluding diaryl/α,β-unsaturated/α-hetero) is 1. The minimum atomic E-state index is -0.620. The van der Waals surface area contributed by atoms with Gasteiger partial charge in [-0.2, -0.15) is 0 Å². The Morgan fingerprint density at radius 1 is 1.04 bits per heavy atom. The van der Waals surface area contributed by atoms with Gasteiger partial charge in [0, 0.05) is 11.3 Å². The van der Waals surface area contributed by atoms with E-state index in [1.807, 2.05) is 0 Å². The first-order valence-corrected chi connectivity index (χ1v) is 8.11. The van der Waals surface area contributed by atoms with Gasteiger partial charge in [0.25, 0.3) is 5.91 Å². The van der Waals surface area contributed by atoms with Crippen molar-refractivity contribution in [2.45, 2.75) is 6.92 Å². The topological polar surface area (TPSA) is 81.7 Å². The van der Waals surface area contributed by atoms with E-state index >= 15 is 0 Å². The second-order valence-electron chi connectivity index (χ2n) is 5.11. The first-order chi connectivity index (χ1) is 11.9. The smallest absolute Gasteiger partial charge is 0.338 e. The molecule has 2 aromatic rings. The average molecular weight is 406 g/mol. The van der Waals surface area contributed by atoms with Crippen molar-refractivity contribution >= 4 is 39.3 Å². The molecule has 1 N–H and O–H groups in total. The van der Waals surface area contributed by atoms with Gasteiger partial charge in [0.15, 0.2) is 12.4 Å². The van der Waals surface area contributed by atoms with Crippen molar-refractivity contribution in [3.63, 3.8) is 0 Å². The predicted octanol–water partition coefficient (Wildman–Crippen LogP) is 3.46. The number of ether oxygens (including phenoxy) is 2. The largest absolute Gasteiger partial charge is 0.496 e. The number of carbonyl (C=O) groups is 3. The average Bonchev–Trinajstić information content (AvgIpc) is 2.60. The fourth-order valence-corrected chi connectivity index (χ4v) is 2.53. The number of halogens is 1. The van der Waals surface area contributed by atoms with Crippen molar-refractivity contribution in [2.24, 2.45) is 0 Å². The second kappa shape index (κ2) is 8.43. The zero-order valence-corrected chi connectivity index (χ0v) is 15.3. The van der Waals surface area contributed by atoms with Crippen LogP contribution in [0, 0.1) is 0 Å². The molecule has 25 heavy (non-hydrogen) atoms. The molecule has 0 saturated carbocycles. The maximum atomic E-state index is 12.0. The molecule has 2 rings (SSSR count). The quantitative estimate of drug-likeness (QED) is 0.587. The second-order valence-corrected chi connectivity index (χ2v) is 5.96. The molecule has 0 bridgehead atoms. The van der Waals surface area contributed by atoms with E-state index in [0.717, 1.165) is 0 Å². The standard InChI is InChI=1S/C18H16BrNO5/c1-11(21)12-3-6-14(7-4-12)20-17(22)10-25-18(23)13-5-8-16(24-2)15(19)9-13/h3-9H,10H2,1-2H3,(H,20,22). The third kappa shape index (κ3) is 5.15. The molecule has 0 aliphatic carbocycles. The van der Waals surface area contributed by atoms with E-state index in [0.29, 0.717) is 27.0 Å². The lowest BCUT2D eigenvalue weighted by Gasteiger charge is -2.08. The van der Waals surface area contributed by atoms with Gasteiger partial charge in [-0.1, -0.05) is 0 Å². The molecular weight excluding hydrogens is 390 g/mol. The van der Waals surface area contributed by atoms with E-state index in [1.54, 1.807) is 42.5 Å². The molecule has 0 fully saturated rings. The molecular formula is C18H16BrNO5. The molecule has 2 aromatic carbocycles. The molecule has 0 spiro atoms. The number of hydrogen-bond acceptors (Lipinski definition) is 5. The van der Waals surface area contributed by atoms with Crippen LogP contribution < -0.4 is 10.1 Å². The molecule has 7 heteroatoms. The Labute approximate surface area is 153 Å². The van der Waals surface area contributed by atoms with Crippen LogP contribution in [0.25, 0.3) is 0 Å². The highest BCUT2D eigenvalue weighted by molar-refractivity contribution is 9.10. The Hall–Kier alpha value is -2.67. The van der Waals surface area contributed by atoms with E-state index in [1.165, 1.54) is 14.0 Å². The Balaban J connectivity index is 1.89. The summed E-state index contributed by atoms with van der Waals surface area (Å²) in [5, 5.41) is 2.59. The van der Waals surface area contributed by atoms with Crippen LogP contribution in [0.5, 0.6) is 5.75 Å². The zero-order valence-electron chi connectivity index (χ0n) is 13.7. The van der Waals surface area contributed by atoms with Crippen LogP contribution in [0.15, 0.2) is 46.9 Å². The summed E-state index contributed by atoms with van der Waals surface area (Å²) >= 11 is 3.28. The van der Waals surface area contributed by atoms with Crippen molar-refractivity contribution in [2.75, 3.05) is 19.0 Å². The highest BCUT2D eigenvalue weighted by Gasteiger charge is 2.12. The van der Waals surface area contributed by atoms with Gasteiger partial charge in [-0.05, 0) is 65.3 Å². The SMILES string of the molecule is COc1ccc(C(=O)OCC(=O)Nc2ccc(C(C)=O)cc2)cc1Br. The molecule has 0 saturated heterocycles. The van der Waals surface area contributed by atoms with E-state index in [-0.39, 0.29) is 5.78 Å². The number of carbonyl (C=O) groups excluding carboxylic acids is 3. The van der Waals surface area contributed by atoms with Crippen LogP contribution in [0.1, 0.15) is 27.6 Å². The van der Waals surface area contributed by atoms with Crippen LogP contribution in [-0.4, -0.2) is 31.4 Å². The lowest BCUT2D eigenvalue weighted by molar-refractivity contribution is -0.119. The maximum absolute atomic E-state index is 12.0. The molecule has 0 aliphatic rings. The monoisotopic (exact) mass is 405 g/mol. The van der Waals surface area contributed by atoms with E-state index in [2.05, 4.69) is 21.2 Å². The molecule has 0 aliphatic heterocycles. The van der Waals surface area contributed by atoms with Gasteiger partial charge in [-0.15, -0.1) is 0 Å². The Kier molecular flexibility index (Phi) is 6.30. The predicted molar refractivity (Wildman–Crippen MR) is 96.1 cm³/mol. The number of hydrogen-bond donors (Lipinski definition) is 1. The van der Waals surface area contributed by atoms with E-state index in [9.17, 15) is 14.4 Å². The summed E-state index contributed by atoms with van der Waals surface area (Å²) in [6.45, 7) is 1.04. The lowest BCUT2D eigenvalue weighted by atomic mass is 10.1. The first-order valence-electron chi connectivity index (χ1n) is 7.32. The first kappa shape index (κ1) is 18.7. The van der Waals surface area contributed by atoms with Crippen molar-refractivity contribution in [1.29, 1.82) is 0 Å². The third-order valence-corrected chi connectivity index (χ3v) is 3.92. The molecule has 0 radical (unpaired) electrons. The number of ketones is 1. The lowest BCUT2D eigenvalue weighted by Crippen LogP contribution is -2.21. The van der Waals surface area contributed by atoms with Crippen molar-refractivity contribution < 1.29 is 23.9 Å². The Bertz CT molecular complexity index is 802. The van der Waals surface area contributed by atoms with Crippen molar-refractivity contribution in [3.8, 4) is 5.75 Å². The highest BCUT2D eigenvalue weighted by Crippen LogP contribution is 2.25. The van der Waals surface area contributed by atoms with E-state index in [4.69, 9.17) is 9.47 Å². The normalized spacial score (nSPS) is 10.0. The van der Waals surface area contributed by atoms with Gasteiger partial charge in [0.2, 0.25) is 0 Å². The number of methoxy groups -OCH3 is 1. The number of anilines is 1. The third-order valence-electron chi connectivity index (χ3n) is 3.30. The summed E-state index contributed by atoms with van der Waals surface area (Å²) in [6, 6.07) is 11.2. The summed E-state index contributed by atoms with van der Waals surface area (Å²) < 4.78 is 10.7. The van der Waals surface area contributed by atoms with Crippen molar-refractivity contribution in [1.82, 2.24) is 0 Å². The molecule has 0 heterocycles. The van der Waals surface area contributed by atoms with Gasteiger partial charge in [0.05, 0.1) is 17.1 Å². The van der Waals surface area contributed by atoms with Gasteiger partial charge < -0.3 is 14.8 Å². The van der Waals surface area contributed by atoms with Crippen LogP contribution in [0.3, 0.4) is 0 Å². The molecule has 6 nitrogen and oxygen atoms in total. The molecule has 0 unspecified atom stereocenters. The molecule has 0 atom stereocenters. The van der Waals surface area contributed by atoms with Gasteiger partial charge in [-0.25, -0.2) is 4.79 Å². The van der Waals surface area contributed by atoms with Crippen LogP contribution in [0.4, 0.5) is 5.69 Å².